The minimum Gasteiger partial charge on any atom is -0.375 e. The second-order valence-electron chi connectivity index (χ2n) is 3.18. The highest BCUT2D eigenvalue weighted by molar-refractivity contribution is 6.31. The summed E-state index contributed by atoms with van der Waals surface area (Å²) in [5, 5.41) is 0.852. The highest BCUT2D eigenvalue weighted by Crippen LogP contribution is 2.24. The summed E-state index contributed by atoms with van der Waals surface area (Å²) >= 11 is 6.13. The number of fused-ring (bicyclic) bond motifs is 1. The van der Waals surface area contributed by atoms with E-state index in [0.29, 0.717) is 6.61 Å². The van der Waals surface area contributed by atoms with Gasteiger partial charge in [0, 0.05) is 10.7 Å². The normalized spacial score (nSPS) is 15.5. The van der Waals surface area contributed by atoms with Crippen LogP contribution in [0.4, 0.5) is 0 Å². The monoisotopic (exact) mass is 197 g/mol. The second-order valence-corrected chi connectivity index (χ2v) is 3.58. The van der Waals surface area contributed by atoms with Crippen molar-refractivity contribution in [1.82, 2.24) is 4.98 Å². The van der Waals surface area contributed by atoms with Crippen molar-refractivity contribution in [2.75, 3.05) is 6.61 Å². The Morgan fingerprint density at radius 2 is 2.46 bits per heavy atom. The number of halogens is 1. The number of hydrogen-bond acceptors (Lipinski definition) is 2. The van der Waals surface area contributed by atoms with Crippen molar-refractivity contribution in [3.8, 4) is 0 Å². The Balaban J connectivity index is 2.47. The third kappa shape index (κ3) is 1.69. The minimum atomic E-state index is 0.614. The Hall–Kier alpha value is -0.600. The lowest BCUT2D eigenvalue weighted by molar-refractivity contribution is 0.107. The van der Waals surface area contributed by atoms with Crippen LogP contribution < -0.4 is 0 Å². The number of aryl methyl sites for hydroxylation is 1. The molecular formula is C10H12ClNO. The lowest BCUT2D eigenvalue weighted by atomic mass is 10.1. The molecule has 1 aromatic heterocycles. The summed E-state index contributed by atoms with van der Waals surface area (Å²) in [4.78, 5) is 4.48. The SMILES string of the molecule is CCc1cc(Cl)c2c(n1)COCC2. The molecule has 0 bridgehead atoms. The molecule has 0 fully saturated rings. The zero-order chi connectivity index (χ0) is 9.26. The van der Waals surface area contributed by atoms with Gasteiger partial charge in [0.15, 0.2) is 0 Å². The van der Waals surface area contributed by atoms with Crippen molar-refractivity contribution in [3.63, 3.8) is 0 Å². The van der Waals surface area contributed by atoms with E-state index in [-0.39, 0.29) is 0 Å². The van der Waals surface area contributed by atoms with Gasteiger partial charge in [-0.1, -0.05) is 18.5 Å². The van der Waals surface area contributed by atoms with E-state index < -0.39 is 0 Å². The van der Waals surface area contributed by atoms with Crippen LogP contribution in [0.5, 0.6) is 0 Å². The van der Waals surface area contributed by atoms with Crippen LogP contribution in [0.25, 0.3) is 0 Å². The predicted molar refractivity (Wildman–Crippen MR) is 52.0 cm³/mol. The number of pyridine rings is 1. The molecule has 13 heavy (non-hydrogen) atoms. The molecule has 2 rings (SSSR count). The van der Waals surface area contributed by atoms with Crippen LogP contribution in [-0.2, 0) is 24.2 Å². The van der Waals surface area contributed by atoms with Gasteiger partial charge in [0.1, 0.15) is 0 Å². The number of ether oxygens (including phenoxy) is 1. The lowest BCUT2D eigenvalue weighted by Crippen LogP contribution is -2.13. The largest absolute Gasteiger partial charge is 0.375 e. The van der Waals surface area contributed by atoms with Crippen LogP contribution in [0.15, 0.2) is 6.07 Å². The molecule has 0 radical (unpaired) electrons. The van der Waals surface area contributed by atoms with E-state index in [4.69, 9.17) is 16.3 Å². The Kier molecular flexibility index (Phi) is 2.51. The van der Waals surface area contributed by atoms with Gasteiger partial charge in [-0.2, -0.15) is 0 Å². The summed E-state index contributed by atoms with van der Waals surface area (Å²) < 4.78 is 5.33. The molecule has 0 amide bonds. The van der Waals surface area contributed by atoms with Gasteiger partial charge < -0.3 is 4.74 Å². The van der Waals surface area contributed by atoms with Crippen molar-refractivity contribution in [2.24, 2.45) is 0 Å². The molecule has 0 saturated carbocycles. The molecule has 1 aliphatic rings. The third-order valence-corrected chi connectivity index (χ3v) is 2.64. The van der Waals surface area contributed by atoms with Crippen molar-refractivity contribution in [1.29, 1.82) is 0 Å². The predicted octanol–water partition coefficient (Wildman–Crippen LogP) is 2.37. The van der Waals surface area contributed by atoms with Crippen LogP contribution in [0.3, 0.4) is 0 Å². The summed E-state index contributed by atoms with van der Waals surface area (Å²) in [6.45, 7) is 3.46. The van der Waals surface area contributed by atoms with Crippen LogP contribution in [-0.4, -0.2) is 11.6 Å². The number of aromatic nitrogens is 1. The average Bonchev–Trinajstić information content (AvgIpc) is 2.18. The number of nitrogens with zero attached hydrogens (tertiary/aromatic N) is 1. The first-order chi connectivity index (χ1) is 6.31. The summed E-state index contributed by atoms with van der Waals surface area (Å²) in [5.41, 5.74) is 3.25. The third-order valence-electron chi connectivity index (χ3n) is 2.31. The summed E-state index contributed by atoms with van der Waals surface area (Å²) in [6.07, 6.45) is 1.82. The molecule has 0 aromatic carbocycles. The van der Waals surface area contributed by atoms with Gasteiger partial charge >= 0.3 is 0 Å². The highest BCUT2D eigenvalue weighted by Gasteiger charge is 2.14. The van der Waals surface area contributed by atoms with Crippen LogP contribution >= 0.6 is 11.6 Å². The van der Waals surface area contributed by atoms with Crippen LogP contribution in [0.1, 0.15) is 23.9 Å². The first kappa shape index (κ1) is 8.97. The van der Waals surface area contributed by atoms with Gasteiger partial charge in [-0.3, -0.25) is 4.98 Å². The zero-order valence-electron chi connectivity index (χ0n) is 7.64. The van der Waals surface area contributed by atoms with Crippen LogP contribution in [0.2, 0.25) is 5.02 Å². The first-order valence-electron chi connectivity index (χ1n) is 4.56. The van der Waals surface area contributed by atoms with E-state index in [2.05, 4.69) is 11.9 Å². The molecule has 3 heteroatoms. The van der Waals surface area contributed by atoms with Gasteiger partial charge in [-0.25, -0.2) is 0 Å². The van der Waals surface area contributed by atoms with Gasteiger partial charge in [0.2, 0.25) is 0 Å². The van der Waals surface area contributed by atoms with E-state index in [1.54, 1.807) is 0 Å². The lowest BCUT2D eigenvalue weighted by Gasteiger charge is -2.17. The Labute approximate surface area is 82.9 Å². The topological polar surface area (TPSA) is 22.1 Å². The van der Waals surface area contributed by atoms with Gasteiger partial charge in [-0.15, -0.1) is 0 Å². The molecule has 0 saturated heterocycles. The van der Waals surface area contributed by atoms with E-state index in [1.807, 2.05) is 6.07 Å². The molecular weight excluding hydrogens is 186 g/mol. The fourth-order valence-corrected chi connectivity index (χ4v) is 1.88. The maximum atomic E-state index is 6.13. The summed E-state index contributed by atoms with van der Waals surface area (Å²) in [6, 6.07) is 1.96. The van der Waals surface area contributed by atoms with Crippen molar-refractivity contribution < 1.29 is 4.74 Å². The molecule has 0 aliphatic carbocycles. The maximum absolute atomic E-state index is 6.13. The van der Waals surface area contributed by atoms with Gasteiger partial charge in [-0.05, 0) is 24.5 Å². The minimum absolute atomic E-state index is 0.614. The molecule has 0 N–H and O–H groups in total. The molecule has 0 spiro atoms. The van der Waals surface area contributed by atoms with Crippen molar-refractivity contribution in [2.45, 2.75) is 26.4 Å². The molecule has 1 aliphatic heterocycles. The zero-order valence-corrected chi connectivity index (χ0v) is 8.40. The van der Waals surface area contributed by atoms with E-state index in [1.165, 1.54) is 5.56 Å². The van der Waals surface area contributed by atoms with E-state index >= 15 is 0 Å². The fourth-order valence-electron chi connectivity index (χ4n) is 1.55. The molecule has 0 atom stereocenters. The molecule has 70 valence electrons. The standard InChI is InChI=1S/C10H12ClNO/c1-2-7-5-9(11)8-3-4-13-6-10(8)12-7/h5H,2-4,6H2,1H3. The second kappa shape index (κ2) is 3.64. The Bertz CT molecular complexity index is 325. The molecule has 2 heterocycles. The highest BCUT2D eigenvalue weighted by atomic mass is 35.5. The van der Waals surface area contributed by atoms with E-state index in [9.17, 15) is 0 Å². The Morgan fingerprint density at radius 3 is 3.23 bits per heavy atom. The number of rotatable bonds is 1. The average molecular weight is 198 g/mol. The molecule has 1 aromatic rings. The summed E-state index contributed by atoms with van der Waals surface area (Å²) in [7, 11) is 0. The molecule has 2 nitrogen and oxygen atoms in total. The smallest absolute Gasteiger partial charge is 0.0891 e. The van der Waals surface area contributed by atoms with Crippen molar-refractivity contribution in [3.05, 3.63) is 28.0 Å². The van der Waals surface area contributed by atoms with Gasteiger partial charge in [0.05, 0.1) is 18.9 Å². The fraction of sp³-hybridized carbons (Fsp3) is 0.500. The van der Waals surface area contributed by atoms with Crippen LogP contribution in [0, 0.1) is 0 Å². The Morgan fingerprint density at radius 1 is 1.62 bits per heavy atom. The van der Waals surface area contributed by atoms with Crippen molar-refractivity contribution >= 4 is 11.6 Å². The van der Waals surface area contributed by atoms with E-state index in [0.717, 1.165) is 35.9 Å². The molecule has 0 unspecified atom stereocenters. The quantitative estimate of drug-likeness (QED) is 0.690. The number of hydrogen-bond donors (Lipinski definition) is 0. The first-order valence-corrected chi connectivity index (χ1v) is 4.94. The van der Waals surface area contributed by atoms with Gasteiger partial charge in [0.25, 0.3) is 0 Å². The summed E-state index contributed by atoms with van der Waals surface area (Å²) in [5.74, 6) is 0. The maximum Gasteiger partial charge on any atom is 0.0891 e.